The maximum Gasteiger partial charge on any atom is 0.261 e. The Kier molecular flexibility index (Phi) is 7.05. The van der Waals surface area contributed by atoms with Gasteiger partial charge in [-0.05, 0) is 51.8 Å². The molecule has 204 valence electrons. The fourth-order valence-electron chi connectivity index (χ4n) is 5.41. The van der Waals surface area contributed by atoms with Crippen LogP contribution in [0.3, 0.4) is 0 Å². The van der Waals surface area contributed by atoms with Gasteiger partial charge in [0.05, 0.1) is 40.5 Å². The van der Waals surface area contributed by atoms with Crippen molar-refractivity contribution in [1.29, 1.82) is 0 Å². The predicted octanol–water partition coefficient (Wildman–Crippen LogP) is 3.95. The van der Waals surface area contributed by atoms with Gasteiger partial charge in [-0.15, -0.1) is 0 Å². The monoisotopic (exact) mass is 597 g/mol. The van der Waals surface area contributed by atoms with Crippen molar-refractivity contribution in [3.05, 3.63) is 68.5 Å². The number of aromatic nitrogens is 3. The molecule has 1 saturated heterocycles. The van der Waals surface area contributed by atoms with E-state index in [2.05, 4.69) is 31.1 Å². The number of rotatable bonds is 7. The number of benzene rings is 2. The minimum absolute atomic E-state index is 0.200. The average molecular weight is 598 g/mol. The Balaban J connectivity index is 1.29. The van der Waals surface area contributed by atoms with Gasteiger partial charge in [0.15, 0.2) is 0 Å². The summed E-state index contributed by atoms with van der Waals surface area (Å²) in [5.41, 5.74) is 5.01. The normalized spacial score (nSPS) is 17.7. The number of hydrogen-bond donors (Lipinski definition) is 3. The molecule has 9 nitrogen and oxygen atoms in total. The van der Waals surface area contributed by atoms with Crippen LogP contribution in [0.2, 0.25) is 0 Å². The number of fused-ring (bicyclic) bond motifs is 2. The molecule has 0 saturated carbocycles. The number of imidazole rings is 1. The van der Waals surface area contributed by atoms with Crippen LogP contribution in [0.15, 0.2) is 51.9 Å². The Morgan fingerprint density at radius 2 is 2.15 bits per heavy atom. The number of nitrogens with one attached hydrogen (secondary N) is 2. The lowest BCUT2D eigenvalue weighted by Crippen LogP contribution is -2.43. The van der Waals surface area contributed by atoms with Crippen molar-refractivity contribution in [1.82, 2.24) is 14.5 Å². The van der Waals surface area contributed by atoms with Crippen molar-refractivity contribution < 1.29 is 19.0 Å². The van der Waals surface area contributed by atoms with E-state index in [1.165, 1.54) is 0 Å². The van der Waals surface area contributed by atoms with Crippen molar-refractivity contribution in [2.75, 3.05) is 49.7 Å². The fraction of sp³-hybridized carbons (Fsp3) is 0.357. The number of aromatic amines is 1. The number of aryl methyl sites for hydroxylation is 1. The molecule has 2 aliphatic rings. The molecule has 11 heteroatoms. The Hall–Kier alpha value is -3.41. The zero-order valence-electron chi connectivity index (χ0n) is 21.4. The number of halogens is 2. The quantitative estimate of drug-likeness (QED) is 0.296. The van der Waals surface area contributed by atoms with Gasteiger partial charge in [0.2, 0.25) is 0 Å². The van der Waals surface area contributed by atoms with Gasteiger partial charge >= 0.3 is 0 Å². The lowest BCUT2D eigenvalue weighted by atomic mass is 10.00. The summed E-state index contributed by atoms with van der Waals surface area (Å²) in [7, 11) is 1.87. The second kappa shape index (κ2) is 10.6. The molecule has 3 N–H and O–H groups in total. The van der Waals surface area contributed by atoms with Gasteiger partial charge in [-0.2, -0.15) is 0 Å². The van der Waals surface area contributed by atoms with Crippen LogP contribution in [0.1, 0.15) is 17.2 Å². The van der Waals surface area contributed by atoms with E-state index in [0.717, 1.165) is 44.5 Å². The largest absolute Gasteiger partial charge is 0.492 e. The highest BCUT2D eigenvalue weighted by Crippen LogP contribution is 2.38. The molecule has 2 aliphatic heterocycles. The first-order valence-electron chi connectivity index (χ1n) is 12.9. The zero-order valence-corrected chi connectivity index (χ0v) is 23.0. The Morgan fingerprint density at radius 1 is 1.28 bits per heavy atom. The highest BCUT2D eigenvalue weighted by atomic mass is 79.9. The second-order valence-corrected chi connectivity index (χ2v) is 10.6. The molecule has 39 heavy (non-hydrogen) atoms. The number of aliphatic hydroxyl groups excluding tert-OH is 1. The molecule has 2 aromatic carbocycles. The van der Waals surface area contributed by atoms with Crippen LogP contribution in [0, 0.1) is 0 Å². The molecular weight excluding hydrogens is 569 g/mol. The van der Waals surface area contributed by atoms with Crippen LogP contribution in [-0.2, 0) is 18.2 Å². The molecule has 0 spiro atoms. The summed E-state index contributed by atoms with van der Waals surface area (Å²) in [5, 5.41) is 14.3. The Morgan fingerprint density at radius 3 is 3.00 bits per heavy atom. The lowest BCUT2D eigenvalue weighted by molar-refractivity contribution is 0.0247. The molecule has 0 amide bonds. The summed E-state index contributed by atoms with van der Waals surface area (Å²) in [6.45, 7) is 1.89. The molecular formula is C28H29BrFN5O4. The van der Waals surface area contributed by atoms with Crippen LogP contribution in [0.25, 0.3) is 22.4 Å². The molecule has 0 radical (unpaired) electrons. The molecule has 2 aromatic heterocycles. The van der Waals surface area contributed by atoms with E-state index in [4.69, 9.17) is 14.5 Å². The van der Waals surface area contributed by atoms with Crippen molar-refractivity contribution >= 4 is 38.3 Å². The van der Waals surface area contributed by atoms with Gasteiger partial charge < -0.3 is 34.3 Å². The zero-order chi connectivity index (χ0) is 27.1. The van der Waals surface area contributed by atoms with Crippen molar-refractivity contribution in [3.8, 4) is 17.1 Å². The topological polar surface area (TPSA) is 105 Å². The molecule has 6 rings (SSSR count). The third kappa shape index (κ3) is 4.79. The van der Waals surface area contributed by atoms with E-state index < -0.39 is 18.9 Å². The van der Waals surface area contributed by atoms with E-state index in [0.29, 0.717) is 43.4 Å². The van der Waals surface area contributed by atoms with E-state index in [1.54, 1.807) is 12.3 Å². The third-order valence-electron chi connectivity index (χ3n) is 7.42. The molecule has 1 fully saturated rings. The van der Waals surface area contributed by atoms with Gasteiger partial charge in [-0.1, -0.05) is 6.07 Å². The van der Waals surface area contributed by atoms with Crippen LogP contribution >= 0.6 is 15.9 Å². The highest BCUT2D eigenvalue weighted by molar-refractivity contribution is 9.10. The smallest absolute Gasteiger partial charge is 0.261 e. The summed E-state index contributed by atoms with van der Waals surface area (Å²) < 4.78 is 27.1. The number of H-pyrrole nitrogens is 1. The van der Waals surface area contributed by atoms with Crippen LogP contribution in [0.5, 0.6) is 5.75 Å². The highest BCUT2D eigenvalue weighted by Gasteiger charge is 2.25. The van der Waals surface area contributed by atoms with Crippen LogP contribution < -0.4 is 20.5 Å². The van der Waals surface area contributed by atoms with Gasteiger partial charge in [0, 0.05) is 50.6 Å². The summed E-state index contributed by atoms with van der Waals surface area (Å²) in [6.07, 6.45) is 1.07. The lowest BCUT2D eigenvalue weighted by Gasteiger charge is -2.33. The summed E-state index contributed by atoms with van der Waals surface area (Å²) >= 11 is 3.51. The summed E-state index contributed by atoms with van der Waals surface area (Å²) in [5.74, 6) is 1.28. The van der Waals surface area contributed by atoms with Gasteiger partial charge in [-0.25, -0.2) is 9.37 Å². The number of aliphatic hydroxyl groups is 1. The van der Waals surface area contributed by atoms with E-state index in [1.807, 2.05) is 41.9 Å². The molecule has 4 heterocycles. The van der Waals surface area contributed by atoms with Crippen molar-refractivity contribution in [2.45, 2.75) is 18.6 Å². The van der Waals surface area contributed by atoms with Gasteiger partial charge in [-0.3, -0.25) is 4.79 Å². The van der Waals surface area contributed by atoms with E-state index in [-0.39, 0.29) is 12.1 Å². The number of anilines is 2. The van der Waals surface area contributed by atoms with E-state index >= 15 is 0 Å². The second-order valence-electron chi connectivity index (χ2n) is 9.80. The Bertz CT molecular complexity index is 1590. The SMILES string of the molecule is Cn1c(-c2c(NC[C@@H](O)c3ccc(Br)c4c3CCO4)cc[nH]c2=O)nc2ccc(N3CCO[C@@H](CF)C3)cc21. The number of nitrogens with zero attached hydrogens (tertiary/aromatic N) is 3. The minimum atomic E-state index is -0.801. The van der Waals surface area contributed by atoms with Crippen LogP contribution in [-0.4, -0.2) is 65.3 Å². The first-order chi connectivity index (χ1) is 18.9. The molecule has 2 atom stereocenters. The molecule has 0 aliphatic carbocycles. The fourth-order valence-corrected chi connectivity index (χ4v) is 5.89. The van der Waals surface area contributed by atoms with Crippen molar-refractivity contribution in [2.24, 2.45) is 7.05 Å². The molecule has 0 unspecified atom stereocenters. The standard InChI is InChI=1S/C28H29BrFN5O4/c1-34-23-12-16(35-9-11-38-17(13-30)15-35)2-5-21(23)33-27(34)25-22(6-8-31-28(25)37)32-14-24(36)18-3-4-20(29)26-19(18)7-10-39-26/h2-6,8,12,17,24,36H,7,9-11,13-15H2,1H3,(H2,31,32,37)/t17-,24+/m0/s1. The predicted molar refractivity (Wildman–Crippen MR) is 151 cm³/mol. The number of hydrogen-bond acceptors (Lipinski definition) is 7. The average Bonchev–Trinajstić information content (AvgIpc) is 3.57. The minimum Gasteiger partial charge on any atom is -0.492 e. The third-order valence-corrected chi connectivity index (χ3v) is 8.04. The first kappa shape index (κ1) is 25.8. The van der Waals surface area contributed by atoms with Gasteiger partial charge in [0.25, 0.3) is 5.56 Å². The molecule has 4 aromatic rings. The number of pyridine rings is 1. The molecule has 0 bridgehead atoms. The maximum atomic E-state index is 13.2. The van der Waals surface area contributed by atoms with Gasteiger partial charge in [0.1, 0.15) is 29.9 Å². The Labute approximate surface area is 232 Å². The number of alkyl halides is 1. The number of ether oxygens (including phenoxy) is 2. The van der Waals surface area contributed by atoms with Crippen molar-refractivity contribution in [3.63, 3.8) is 0 Å². The first-order valence-corrected chi connectivity index (χ1v) is 13.7. The summed E-state index contributed by atoms with van der Waals surface area (Å²) in [6, 6.07) is 11.4. The maximum absolute atomic E-state index is 13.2. The van der Waals surface area contributed by atoms with E-state index in [9.17, 15) is 14.3 Å². The van der Waals surface area contributed by atoms with Crippen LogP contribution in [0.4, 0.5) is 15.8 Å². The number of morpholine rings is 1. The summed E-state index contributed by atoms with van der Waals surface area (Å²) in [4.78, 5) is 22.7.